The summed E-state index contributed by atoms with van der Waals surface area (Å²) in [6.07, 6.45) is 1.37. The van der Waals surface area contributed by atoms with Gasteiger partial charge in [-0.1, -0.05) is 6.58 Å². The fourth-order valence-electron chi connectivity index (χ4n) is 1.38. The third-order valence-electron chi connectivity index (χ3n) is 2.17. The molecular weight excluding hydrogens is 236 g/mol. The number of ether oxygens (including phenoxy) is 4. The highest BCUT2D eigenvalue weighted by molar-refractivity contribution is 5.91. The Bertz CT molecular complexity index is 414. The molecule has 0 aliphatic rings. The zero-order valence-corrected chi connectivity index (χ0v) is 10.6. The number of benzene rings is 1. The lowest BCUT2D eigenvalue weighted by molar-refractivity contribution is 0.0624. The average Bonchev–Trinajstić information content (AvgIpc) is 2.42. The number of carbonyl (C=O) groups is 1. The molecule has 0 aromatic heterocycles. The van der Waals surface area contributed by atoms with Crippen LogP contribution < -0.4 is 14.2 Å². The van der Waals surface area contributed by atoms with Crippen molar-refractivity contribution in [2.24, 2.45) is 0 Å². The highest BCUT2D eigenvalue weighted by Crippen LogP contribution is 2.38. The Hall–Kier alpha value is -2.17. The molecule has 1 radical (unpaired) electrons. The number of methoxy groups -OCH3 is 3. The fraction of sp³-hybridized carbons (Fsp3) is 0.231. The molecule has 0 heterocycles. The Labute approximate surface area is 106 Å². The molecule has 0 atom stereocenters. The Morgan fingerprint density at radius 1 is 1.11 bits per heavy atom. The van der Waals surface area contributed by atoms with E-state index in [2.05, 4.69) is 6.58 Å². The van der Waals surface area contributed by atoms with Crippen LogP contribution in [0, 0.1) is 6.61 Å². The van der Waals surface area contributed by atoms with E-state index in [0.29, 0.717) is 22.8 Å². The van der Waals surface area contributed by atoms with E-state index in [9.17, 15) is 4.79 Å². The first kappa shape index (κ1) is 13.9. The van der Waals surface area contributed by atoms with Crippen molar-refractivity contribution in [1.82, 2.24) is 0 Å². The van der Waals surface area contributed by atoms with E-state index in [-0.39, 0.29) is 0 Å². The van der Waals surface area contributed by atoms with Gasteiger partial charge in [-0.05, 0) is 18.2 Å². The van der Waals surface area contributed by atoms with Crippen LogP contribution in [0.2, 0.25) is 0 Å². The lowest BCUT2D eigenvalue weighted by atomic mass is 10.2. The Balaban J connectivity index is 3.14. The summed E-state index contributed by atoms with van der Waals surface area (Å²) in [5, 5.41) is 0. The van der Waals surface area contributed by atoms with Gasteiger partial charge >= 0.3 is 5.97 Å². The maximum atomic E-state index is 11.7. The highest BCUT2D eigenvalue weighted by atomic mass is 16.5. The smallest absolute Gasteiger partial charge is 0.339 e. The van der Waals surface area contributed by atoms with E-state index >= 15 is 0 Å². The van der Waals surface area contributed by atoms with Gasteiger partial charge in [0.15, 0.2) is 18.1 Å². The van der Waals surface area contributed by atoms with Gasteiger partial charge in [0.1, 0.15) is 0 Å². The van der Waals surface area contributed by atoms with Crippen LogP contribution in [0.25, 0.3) is 0 Å². The maximum Gasteiger partial charge on any atom is 0.339 e. The highest BCUT2D eigenvalue weighted by Gasteiger charge is 2.17. The van der Waals surface area contributed by atoms with E-state index in [1.165, 1.54) is 46.1 Å². The summed E-state index contributed by atoms with van der Waals surface area (Å²) in [4.78, 5) is 11.7. The summed E-state index contributed by atoms with van der Waals surface area (Å²) in [7, 11) is 4.44. The van der Waals surface area contributed by atoms with Crippen molar-refractivity contribution in [2.75, 3.05) is 21.3 Å². The van der Waals surface area contributed by atoms with Crippen LogP contribution in [0.1, 0.15) is 10.4 Å². The summed E-state index contributed by atoms with van der Waals surface area (Å²) >= 11 is 0. The number of hydrogen-bond donors (Lipinski definition) is 0. The molecule has 0 unspecified atom stereocenters. The molecule has 1 aromatic rings. The predicted molar refractivity (Wildman–Crippen MR) is 66.0 cm³/mol. The second-order valence-corrected chi connectivity index (χ2v) is 3.19. The number of rotatable bonds is 6. The zero-order chi connectivity index (χ0) is 13.5. The van der Waals surface area contributed by atoms with E-state index in [1.807, 2.05) is 0 Å². The molecule has 0 aliphatic carbocycles. The van der Waals surface area contributed by atoms with Crippen molar-refractivity contribution in [2.45, 2.75) is 0 Å². The van der Waals surface area contributed by atoms with Crippen LogP contribution in [-0.2, 0) is 4.74 Å². The van der Waals surface area contributed by atoms with Crippen molar-refractivity contribution in [3.63, 3.8) is 0 Å². The molecule has 0 spiro atoms. The number of carbonyl (C=O) groups excluding carboxylic acids is 1. The summed E-state index contributed by atoms with van der Waals surface area (Å²) in [6, 6.07) is 3.03. The fourth-order valence-corrected chi connectivity index (χ4v) is 1.38. The molecule has 1 aromatic carbocycles. The third kappa shape index (κ3) is 2.94. The van der Waals surface area contributed by atoms with E-state index in [0.717, 1.165) is 0 Å². The van der Waals surface area contributed by atoms with Crippen LogP contribution in [0.15, 0.2) is 24.8 Å². The Morgan fingerprint density at radius 3 is 2.06 bits per heavy atom. The minimum atomic E-state index is -0.533. The third-order valence-corrected chi connectivity index (χ3v) is 2.17. The molecule has 18 heavy (non-hydrogen) atoms. The number of hydrogen-bond acceptors (Lipinski definition) is 5. The van der Waals surface area contributed by atoms with E-state index in [4.69, 9.17) is 18.9 Å². The molecular formula is C13H15O5. The van der Waals surface area contributed by atoms with Crippen LogP contribution in [0.3, 0.4) is 0 Å². The lowest BCUT2D eigenvalue weighted by Gasteiger charge is -2.13. The normalized spacial score (nSPS) is 9.50. The Kier molecular flexibility index (Phi) is 5.05. The summed E-state index contributed by atoms with van der Waals surface area (Å²) in [5.41, 5.74) is 0.294. The van der Waals surface area contributed by atoms with Crippen molar-refractivity contribution in [3.8, 4) is 17.2 Å². The van der Waals surface area contributed by atoms with Crippen molar-refractivity contribution < 1.29 is 23.7 Å². The molecule has 0 N–H and O–H groups in total. The minimum Gasteiger partial charge on any atom is -0.493 e. The van der Waals surface area contributed by atoms with Gasteiger partial charge in [-0.3, -0.25) is 0 Å². The van der Waals surface area contributed by atoms with Gasteiger partial charge in [0, 0.05) is 0 Å². The standard InChI is InChI=1S/C13H15O5/c1-5-6-18-13(14)9-7-10(15-2)12(17-4)11(8-9)16-3/h5-8H,1H2,2-4H3. The largest absolute Gasteiger partial charge is 0.493 e. The molecule has 0 fully saturated rings. The average molecular weight is 251 g/mol. The molecule has 0 amide bonds. The molecule has 5 heteroatoms. The van der Waals surface area contributed by atoms with Crippen LogP contribution >= 0.6 is 0 Å². The SMILES string of the molecule is C=C[CH]OC(=O)c1cc(OC)c(OC)c(OC)c1. The van der Waals surface area contributed by atoms with Crippen LogP contribution in [0.5, 0.6) is 17.2 Å². The van der Waals surface area contributed by atoms with Crippen molar-refractivity contribution in [3.05, 3.63) is 37.0 Å². The first-order chi connectivity index (χ1) is 8.67. The summed E-state index contributed by atoms with van der Waals surface area (Å²) in [6.45, 7) is 4.62. The topological polar surface area (TPSA) is 54.0 Å². The summed E-state index contributed by atoms with van der Waals surface area (Å²) < 4.78 is 20.2. The molecule has 0 saturated carbocycles. The monoisotopic (exact) mass is 251 g/mol. The first-order valence-corrected chi connectivity index (χ1v) is 5.13. The maximum absolute atomic E-state index is 11.7. The van der Waals surface area contributed by atoms with E-state index < -0.39 is 5.97 Å². The first-order valence-electron chi connectivity index (χ1n) is 5.13. The van der Waals surface area contributed by atoms with Gasteiger partial charge in [0.2, 0.25) is 5.75 Å². The van der Waals surface area contributed by atoms with Gasteiger partial charge in [-0.15, -0.1) is 0 Å². The minimum absolute atomic E-state index is 0.294. The van der Waals surface area contributed by atoms with Gasteiger partial charge in [0.25, 0.3) is 0 Å². The van der Waals surface area contributed by atoms with Gasteiger partial charge in [-0.2, -0.15) is 0 Å². The molecule has 0 aliphatic heterocycles. The molecule has 1 rings (SSSR count). The van der Waals surface area contributed by atoms with Gasteiger partial charge < -0.3 is 18.9 Å². The van der Waals surface area contributed by atoms with Gasteiger partial charge in [0.05, 0.1) is 26.9 Å². The molecule has 0 saturated heterocycles. The van der Waals surface area contributed by atoms with E-state index in [1.54, 1.807) is 0 Å². The molecule has 5 nitrogen and oxygen atoms in total. The van der Waals surface area contributed by atoms with Crippen molar-refractivity contribution in [1.29, 1.82) is 0 Å². The van der Waals surface area contributed by atoms with Gasteiger partial charge in [-0.25, -0.2) is 4.79 Å². The quantitative estimate of drug-likeness (QED) is 0.725. The van der Waals surface area contributed by atoms with Crippen molar-refractivity contribution >= 4 is 5.97 Å². The molecule has 97 valence electrons. The Morgan fingerprint density at radius 2 is 1.67 bits per heavy atom. The second-order valence-electron chi connectivity index (χ2n) is 3.19. The predicted octanol–water partition coefficient (Wildman–Crippen LogP) is 2.22. The van der Waals surface area contributed by atoms with Crippen LogP contribution in [-0.4, -0.2) is 27.3 Å². The second kappa shape index (κ2) is 6.54. The number of esters is 1. The van der Waals surface area contributed by atoms with Crippen LogP contribution in [0.4, 0.5) is 0 Å². The molecule has 0 bridgehead atoms. The summed E-state index contributed by atoms with van der Waals surface area (Å²) in [5.74, 6) is 0.670. The lowest BCUT2D eigenvalue weighted by Crippen LogP contribution is -2.04. The zero-order valence-electron chi connectivity index (χ0n) is 10.6.